The molecular weight excluding hydrogens is 240 g/mol. The second-order valence-corrected chi connectivity index (χ2v) is 5.23. The van der Waals surface area contributed by atoms with Gasteiger partial charge in [-0.15, -0.1) is 0 Å². The van der Waals surface area contributed by atoms with Crippen molar-refractivity contribution in [2.24, 2.45) is 0 Å². The van der Waals surface area contributed by atoms with E-state index in [2.05, 4.69) is 4.90 Å². The van der Waals surface area contributed by atoms with Gasteiger partial charge in [-0.3, -0.25) is 4.79 Å². The second kappa shape index (κ2) is 6.06. The van der Waals surface area contributed by atoms with Crippen LogP contribution in [0.25, 0.3) is 0 Å². The molecule has 0 radical (unpaired) electrons. The van der Waals surface area contributed by atoms with Crippen LogP contribution in [0.4, 0.5) is 0 Å². The van der Waals surface area contributed by atoms with Crippen LogP contribution in [0, 0.1) is 6.92 Å². The van der Waals surface area contributed by atoms with Crippen LogP contribution in [0.2, 0.25) is 0 Å². The van der Waals surface area contributed by atoms with E-state index in [1.807, 2.05) is 7.05 Å². The van der Waals surface area contributed by atoms with E-state index in [1.54, 1.807) is 30.0 Å². The fraction of sp³-hybridized carbons (Fsp3) is 0.533. The number of likely N-dealkylation sites (N-methyl/N-ethyl adjacent to an activating group) is 1. The summed E-state index contributed by atoms with van der Waals surface area (Å²) in [5.41, 5.74) is 1.24. The lowest BCUT2D eigenvalue weighted by atomic mass is 10.1. The molecule has 0 unspecified atom stereocenters. The Bertz CT molecular complexity index is 453. The molecule has 2 rings (SSSR count). The molecule has 1 heterocycles. The highest BCUT2D eigenvalue weighted by Crippen LogP contribution is 2.20. The maximum atomic E-state index is 12.3. The first-order valence-corrected chi connectivity index (χ1v) is 6.86. The molecule has 1 saturated heterocycles. The fourth-order valence-corrected chi connectivity index (χ4v) is 2.46. The van der Waals surface area contributed by atoms with Crippen molar-refractivity contribution in [3.63, 3.8) is 0 Å². The smallest absolute Gasteiger partial charge is 0.254 e. The van der Waals surface area contributed by atoms with Crippen LogP contribution < -0.4 is 0 Å². The lowest BCUT2D eigenvalue weighted by Gasteiger charge is -2.22. The summed E-state index contributed by atoms with van der Waals surface area (Å²) in [5.74, 6) is 0.159. The normalized spacial score (nSPS) is 15.7. The van der Waals surface area contributed by atoms with Crippen molar-refractivity contribution in [2.45, 2.75) is 19.8 Å². The first kappa shape index (κ1) is 13.9. The van der Waals surface area contributed by atoms with Gasteiger partial charge in [0.15, 0.2) is 0 Å². The van der Waals surface area contributed by atoms with Crippen LogP contribution in [0.15, 0.2) is 18.2 Å². The summed E-state index contributed by atoms with van der Waals surface area (Å²) in [6.07, 6.45) is 2.53. The molecule has 4 heteroatoms. The highest BCUT2D eigenvalue weighted by Gasteiger charge is 2.17. The molecule has 1 aliphatic rings. The number of carbonyl (C=O) groups excluding carboxylic acids is 1. The fourth-order valence-electron chi connectivity index (χ4n) is 2.46. The van der Waals surface area contributed by atoms with Gasteiger partial charge < -0.3 is 14.9 Å². The standard InChI is InChI=1S/C15H22N2O2/c1-12-13(6-5-7-14(12)18)15(19)16(2)10-11-17-8-3-4-9-17/h5-7,18H,3-4,8-11H2,1-2H3. The van der Waals surface area contributed by atoms with E-state index in [4.69, 9.17) is 0 Å². The van der Waals surface area contributed by atoms with Crippen LogP contribution in [-0.2, 0) is 0 Å². The molecule has 1 fully saturated rings. The molecule has 0 aliphatic carbocycles. The predicted molar refractivity (Wildman–Crippen MR) is 75.5 cm³/mol. The molecule has 0 saturated carbocycles. The van der Waals surface area contributed by atoms with Crippen molar-refractivity contribution in [1.82, 2.24) is 9.80 Å². The number of phenolic OH excluding ortho intramolecular Hbond substituents is 1. The van der Waals surface area contributed by atoms with Crippen molar-refractivity contribution in [2.75, 3.05) is 33.2 Å². The van der Waals surface area contributed by atoms with E-state index < -0.39 is 0 Å². The number of amides is 1. The average Bonchev–Trinajstić information content (AvgIpc) is 2.91. The summed E-state index contributed by atoms with van der Waals surface area (Å²) in [7, 11) is 1.82. The molecule has 0 atom stereocenters. The van der Waals surface area contributed by atoms with E-state index in [0.29, 0.717) is 11.1 Å². The molecule has 1 N–H and O–H groups in total. The summed E-state index contributed by atoms with van der Waals surface area (Å²) < 4.78 is 0. The molecule has 1 aromatic carbocycles. The van der Waals surface area contributed by atoms with E-state index in [0.717, 1.165) is 26.2 Å². The van der Waals surface area contributed by atoms with Gasteiger partial charge >= 0.3 is 0 Å². The summed E-state index contributed by atoms with van der Waals surface area (Å²) >= 11 is 0. The molecule has 1 aliphatic heterocycles. The SMILES string of the molecule is Cc1c(O)cccc1C(=O)N(C)CCN1CCCC1. The zero-order valence-corrected chi connectivity index (χ0v) is 11.7. The maximum Gasteiger partial charge on any atom is 0.254 e. The summed E-state index contributed by atoms with van der Waals surface area (Å²) in [4.78, 5) is 16.4. The van der Waals surface area contributed by atoms with Gasteiger partial charge in [0.1, 0.15) is 5.75 Å². The molecule has 19 heavy (non-hydrogen) atoms. The number of phenols is 1. The van der Waals surface area contributed by atoms with Crippen molar-refractivity contribution in [1.29, 1.82) is 0 Å². The molecule has 0 bridgehead atoms. The Hall–Kier alpha value is -1.55. The number of aromatic hydroxyl groups is 1. The first-order valence-electron chi connectivity index (χ1n) is 6.86. The molecule has 1 amide bonds. The molecular formula is C15H22N2O2. The minimum absolute atomic E-state index is 0.0207. The average molecular weight is 262 g/mol. The number of nitrogens with zero attached hydrogens (tertiary/aromatic N) is 2. The Morgan fingerprint density at radius 2 is 2.05 bits per heavy atom. The zero-order valence-electron chi connectivity index (χ0n) is 11.7. The van der Waals surface area contributed by atoms with Crippen molar-refractivity contribution >= 4 is 5.91 Å². The van der Waals surface area contributed by atoms with Crippen LogP contribution >= 0.6 is 0 Å². The third-order valence-electron chi connectivity index (χ3n) is 3.83. The monoisotopic (exact) mass is 262 g/mol. The Kier molecular flexibility index (Phi) is 4.43. The molecule has 0 aromatic heterocycles. The van der Waals surface area contributed by atoms with Gasteiger partial charge in [-0.1, -0.05) is 6.07 Å². The van der Waals surface area contributed by atoms with E-state index >= 15 is 0 Å². The Morgan fingerprint density at radius 1 is 1.37 bits per heavy atom. The minimum Gasteiger partial charge on any atom is -0.508 e. The third-order valence-corrected chi connectivity index (χ3v) is 3.83. The quantitative estimate of drug-likeness (QED) is 0.901. The van der Waals surface area contributed by atoms with Gasteiger partial charge in [-0.05, 0) is 45.0 Å². The molecule has 1 aromatic rings. The topological polar surface area (TPSA) is 43.8 Å². The molecule has 104 valence electrons. The van der Waals surface area contributed by atoms with Gasteiger partial charge in [0, 0.05) is 31.3 Å². The summed E-state index contributed by atoms with van der Waals surface area (Å²) in [6.45, 7) is 5.73. The molecule has 0 spiro atoms. The van der Waals surface area contributed by atoms with Gasteiger partial charge in [0.2, 0.25) is 0 Å². The van der Waals surface area contributed by atoms with Crippen molar-refractivity contribution in [3.8, 4) is 5.75 Å². The van der Waals surface area contributed by atoms with Crippen molar-refractivity contribution in [3.05, 3.63) is 29.3 Å². The van der Waals surface area contributed by atoms with E-state index in [9.17, 15) is 9.90 Å². The zero-order chi connectivity index (χ0) is 13.8. The van der Waals surface area contributed by atoms with Crippen molar-refractivity contribution < 1.29 is 9.90 Å². The Morgan fingerprint density at radius 3 is 2.74 bits per heavy atom. The summed E-state index contributed by atoms with van der Waals surface area (Å²) in [5, 5.41) is 9.65. The van der Waals surface area contributed by atoms with E-state index in [-0.39, 0.29) is 11.7 Å². The maximum absolute atomic E-state index is 12.3. The number of benzene rings is 1. The number of hydrogen-bond donors (Lipinski definition) is 1. The highest BCUT2D eigenvalue weighted by atomic mass is 16.3. The van der Waals surface area contributed by atoms with Gasteiger partial charge in [-0.25, -0.2) is 0 Å². The largest absolute Gasteiger partial charge is 0.508 e. The number of likely N-dealkylation sites (tertiary alicyclic amines) is 1. The lowest BCUT2D eigenvalue weighted by Crippen LogP contribution is -2.35. The third kappa shape index (κ3) is 3.26. The Balaban J connectivity index is 1.96. The lowest BCUT2D eigenvalue weighted by molar-refractivity contribution is 0.0781. The summed E-state index contributed by atoms with van der Waals surface area (Å²) in [6, 6.07) is 5.09. The number of rotatable bonds is 4. The van der Waals surface area contributed by atoms with Crippen LogP contribution in [0.5, 0.6) is 5.75 Å². The van der Waals surface area contributed by atoms with Crippen LogP contribution in [-0.4, -0.2) is 54.0 Å². The van der Waals surface area contributed by atoms with Gasteiger partial charge in [0.05, 0.1) is 0 Å². The van der Waals surface area contributed by atoms with Gasteiger partial charge in [0.25, 0.3) is 5.91 Å². The van der Waals surface area contributed by atoms with E-state index in [1.165, 1.54) is 12.8 Å². The first-order chi connectivity index (χ1) is 9.09. The number of hydrogen-bond acceptors (Lipinski definition) is 3. The second-order valence-electron chi connectivity index (χ2n) is 5.23. The van der Waals surface area contributed by atoms with Crippen LogP contribution in [0.1, 0.15) is 28.8 Å². The predicted octanol–water partition coefficient (Wildman–Crippen LogP) is 1.87. The minimum atomic E-state index is -0.0207. The number of carbonyl (C=O) groups is 1. The molecule has 4 nitrogen and oxygen atoms in total. The van der Waals surface area contributed by atoms with Crippen LogP contribution in [0.3, 0.4) is 0 Å². The Labute approximate surface area is 114 Å². The highest BCUT2D eigenvalue weighted by molar-refractivity contribution is 5.96. The van der Waals surface area contributed by atoms with Gasteiger partial charge in [-0.2, -0.15) is 0 Å².